The molecule has 1 aliphatic rings. The molecule has 1 fully saturated rings. The molecule has 5 heteroatoms. The van der Waals surface area contributed by atoms with E-state index in [-0.39, 0.29) is 6.10 Å². The molecule has 21 heavy (non-hydrogen) atoms. The fourth-order valence-electron chi connectivity index (χ4n) is 2.59. The van der Waals surface area contributed by atoms with Crippen molar-refractivity contribution in [2.75, 3.05) is 13.1 Å². The monoisotopic (exact) mass is 299 g/mol. The summed E-state index contributed by atoms with van der Waals surface area (Å²) in [5.74, 6) is 0. The lowest BCUT2D eigenvalue weighted by atomic mass is 10.1. The van der Waals surface area contributed by atoms with Crippen LogP contribution in [-0.2, 0) is 6.54 Å². The van der Waals surface area contributed by atoms with Crippen LogP contribution >= 0.6 is 11.3 Å². The predicted molar refractivity (Wildman–Crippen MR) is 82.2 cm³/mol. The third-order valence-corrected chi connectivity index (χ3v) is 4.34. The van der Waals surface area contributed by atoms with Crippen LogP contribution in [0.25, 0.3) is 0 Å². The highest BCUT2D eigenvalue weighted by Crippen LogP contribution is 2.21. The largest absolute Gasteiger partial charge is 0.467 e. The summed E-state index contributed by atoms with van der Waals surface area (Å²) in [4.78, 5) is 6.58. The third kappa shape index (κ3) is 3.81. The molecule has 0 bridgehead atoms. The Labute approximate surface area is 128 Å². The number of hydrogen-bond acceptors (Lipinski definition) is 5. The van der Waals surface area contributed by atoms with Crippen molar-refractivity contribution in [3.8, 4) is 11.3 Å². The Bertz CT molecular complexity index is 613. The van der Waals surface area contributed by atoms with Crippen molar-refractivity contribution in [2.24, 2.45) is 0 Å². The van der Waals surface area contributed by atoms with Gasteiger partial charge in [0.2, 0.25) is 0 Å². The highest BCUT2D eigenvalue weighted by atomic mass is 32.1. The van der Waals surface area contributed by atoms with Crippen molar-refractivity contribution in [3.63, 3.8) is 0 Å². The van der Waals surface area contributed by atoms with E-state index >= 15 is 0 Å². The number of aromatic nitrogens is 1. The van der Waals surface area contributed by atoms with Gasteiger partial charge in [0.05, 0.1) is 11.6 Å². The summed E-state index contributed by atoms with van der Waals surface area (Å²) in [6.45, 7) is 2.94. The molecule has 0 saturated carbocycles. The minimum Gasteiger partial charge on any atom is -0.467 e. The van der Waals surface area contributed by atoms with Gasteiger partial charge < -0.3 is 4.74 Å². The lowest BCUT2D eigenvalue weighted by molar-refractivity contribution is 0.0965. The zero-order valence-corrected chi connectivity index (χ0v) is 12.6. The number of ether oxygens (including phenoxy) is 1. The minimum atomic E-state index is 0.276. The van der Waals surface area contributed by atoms with Gasteiger partial charge in [0.1, 0.15) is 6.10 Å². The van der Waals surface area contributed by atoms with Crippen molar-refractivity contribution >= 4 is 11.3 Å². The standard InChI is InChI=1S/C16H17N3OS/c17-11-13-2-1-3-14(10-13)12-19-7-4-15(5-8-19)20-16-18-6-9-21-16/h1-3,6,9-10,15H,4-5,7-8,12H2. The molecule has 108 valence electrons. The average Bonchev–Trinajstić information content (AvgIpc) is 3.02. The van der Waals surface area contributed by atoms with E-state index in [0.717, 1.165) is 43.2 Å². The maximum absolute atomic E-state index is 8.94. The maximum Gasteiger partial charge on any atom is 0.273 e. The topological polar surface area (TPSA) is 49.2 Å². The molecular weight excluding hydrogens is 282 g/mol. The molecule has 1 saturated heterocycles. The van der Waals surface area contributed by atoms with E-state index in [0.29, 0.717) is 0 Å². The molecule has 0 unspecified atom stereocenters. The summed E-state index contributed by atoms with van der Waals surface area (Å²) in [5, 5.41) is 11.7. The van der Waals surface area contributed by atoms with Crippen molar-refractivity contribution in [3.05, 3.63) is 47.0 Å². The van der Waals surface area contributed by atoms with E-state index in [4.69, 9.17) is 10.00 Å². The van der Waals surface area contributed by atoms with Crippen LogP contribution in [0.2, 0.25) is 0 Å². The third-order valence-electron chi connectivity index (χ3n) is 3.67. The molecule has 1 aromatic heterocycles. The van der Waals surface area contributed by atoms with Crippen molar-refractivity contribution in [1.82, 2.24) is 9.88 Å². The van der Waals surface area contributed by atoms with E-state index in [1.54, 1.807) is 17.5 Å². The van der Waals surface area contributed by atoms with Crippen LogP contribution in [0, 0.1) is 11.3 Å². The Morgan fingerprint density at radius 2 is 2.24 bits per heavy atom. The molecule has 0 aliphatic carbocycles. The van der Waals surface area contributed by atoms with Gasteiger partial charge >= 0.3 is 0 Å². The van der Waals surface area contributed by atoms with Crippen LogP contribution in [0.4, 0.5) is 0 Å². The van der Waals surface area contributed by atoms with Crippen molar-refractivity contribution in [1.29, 1.82) is 5.26 Å². The first-order chi connectivity index (χ1) is 10.3. The fourth-order valence-corrected chi connectivity index (χ4v) is 3.15. The number of thiazole rings is 1. The van der Waals surface area contributed by atoms with Crippen LogP contribution in [-0.4, -0.2) is 29.1 Å². The van der Waals surface area contributed by atoms with E-state index < -0.39 is 0 Å². The number of hydrogen-bond donors (Lipinski definition) is 0. The maximum atomic E-state index is 8.94. The Kier molecular flexibility index (Phi) is 4.49. The zero-order chi connectivity index (χ0) is 14.5. The van der Waals surface area contributed by atoms with Crippen LogP contribution in [0.3, 0.4) is 0 Å². The molecule has 2 aromatic rings. The predicted octanol–water partition coefficient (Wildman–Crippen LogP) is 3.06. The number of rotatable bonds is 4. The van der Waals surface area contributed by atoms with Gasteiger partial charge in [-0.3, -0.25) is 4.90 Å². The summed E-state index contributed by atoms with van der Waals surface area (Å²) in [5.41, 5.74) is 1.93. The van der Waals surface area contributed by atoms with Gasteiger partial charge in [0, 0.05) is 31.2 Å². The second-order valence-electron chi connectivity index (χ2n) is 5.20. The number of nitrogens with zero attached hydrogens (tertiary/aromatic N) is 3. The molecule has 0 spiro atoms. The van der Waals surface area contributed by atoms with Crippen LogP contribution in [0.1, 0.15) is 24.0 Å². The van der Waals surface area contributed by atoms with Gasteiger partial charge in [-0.1, -0.05) is 23.5 Å². The molecule has 0 N–H and O–H groups in total. The number of nitriles is 1. The van der Waals surface area contributed by atoms with E-state index in [2.05, 4.69) is 22.0 Å². The second-order valence-corrected chi connectivity index (χ2v) is 6.06. The number of benzene rings is 1. The molecule has 1 aliphatic heterocycles. The summed E-state index contributed by atoms with van der Waals surface area (Å²) in [7, 11) is 0. The van der Waals surface area contributed by atoms with Gasteiger partial charge in [-0.15, -0.1) is 0 Å². The molecule has 0 radical (unpaired) electrons. The normalized spacial score (nSPS) is 16.5. The molecule has 4 nitrogen and oxygen atoms in total. The lowest BCUT2D eigenvalue weighted by Gasteiger charge is -2.31. The highest BCUT2D eigenvalue weighted by Gasteiger charge is 2.21. The Hall–Kier alpha value is -1.90. The first-order valence-corrected chi connectivity index (χ1v) is 7.99. The fraction of sp³-hybridized carbons (Fsp3) is 0.375. The van der Waals surface area contributed by atoms with E-state index in [1.165, 1.54) is 5.56 Å². The molecule has 0 atom stereocenters. The first-order valence-electron chi connectivity index (χ1n) is 7.11. The van der Waals surface area contributed by atoms with E-state index in [9.17, 15) is 0 Å². The summed E-state index contributed by atoms with van der Waals surface area (Å²) >= 11 is 1.55. The van der Waals surface area contributed by atoms with Crippen molar-refractivity contribution in [2.45, 2.75) is 25.5 Å². The molecule has 1 aromatic carbocycles. The number of piperidine rings is 1. The van der Waals surface area contributed by atoms with Gasteiger partial charge in [-0.05, 0) is 30.5 Å². The summed E-state index contributed by atoms with van der Waals surface area (Å²) < 4.78 is 5.87. The lowest BCUT2D eigenvalue weighted by Crippen LogP contribution is -2.37. The van der Waals surface area contributed by atoms with Gasteiger partial charge in [-0.2, -0.15) is 5.26 Å². The molecule has 3 rings (SSSR count). The van der Waals surface area contributed by atoms with Gasteiger partial charge in [-0.25, -0.2) is 4.98 Å². The Balaban J connectivity index is 1.50. The summed E-state index contributed by atoms with van der Waals surface area (Å²) in [6.07, 6.45) is 4.10. The van der Waals surface area contributed by atoms with Crippen molar-refractivity contribution < 1.29 is 4.74 Å². The first kappa shape index (κ1) is 14.1. The van der Waals surface area contributed by atoms with Gasteiger partial charge in [0.25, 0.3) is 5.19 Å². The van der Waals surface area contributed by atoms with Crippen LogP contribution < -0.4 is 4.74 Å². The van der Waals surface area contributed by atoms with E-state index in [1.807, 2.05) is 23.6 Å². The SMILES string of the molecule is N#Cc1cccc(CN2CCC(Oc3nccs3)CC2)c1. The van der Waals surface area contributed by atoms with Gasteiger partial charge in [0.15, 0.2) is 0 Å². The Morgan fingerprint density at radius 1 is 1.38 bits per heavy atom. The zero-order valence-electron chi connectivity index (χ0n) is 11.7. The average molecular weight is 299 g/mol. The highest BCUT2D eigenvalue weighted by molar-refractivity contribution is 7.11. The van der Waals surface area contributed by atoms with Crippen LogP contribution in [0.5, 0.6) is 5.19 Å². The second kappa shape index (κ2) is 6.70. The molecule has 0 amide bonds. The molecule has 2 heterocycles. The quantitative estimate of drug-likeness (QED) is 0.870. The minimum absolute atomic E-state index is 0.276. The smallest absolute Gasteiger partial charge is 0.273 e. The summed E-state index contributed by atoms with van der Waals surface area (Å²) in [6, 6.07) is 10.0. The Morgan fingerprint density at radius 3 is 2.95 bits per heavy atom. The molecular formula is C16H17N3OS. The van der Waals surface area contributed by atoms with Crippen LogP contribution in [0.15, 0.2) is 35.8 Å². The number of likely N-dealkylation sites (tertiary alicyclic amines) is 1.